The SMILES string of the molecule is O=c1c(Br)cc(Br)c2n1C[C@H]1C[C@@H]2CN(CCBr)C1. The van der Waals surface area contributed by atoms with E-state index in [1.165, 1.54) is 12.1 Å². The van der Waals surface area contributed by atoms with Gasteiger partial charge in [-0.15, -0.1) is 0 Å². The molecule has 1 saturated heterocycles. The summed E-state index contributed by atoms with van der Waals surface area (Å²) in [5.74, 6) is 1.07. The molecule has 104 valence electrons. The van der Waals surface area contributed by atoms with Crippen LogP contribution in [0.1, 0.15) is 18.0 Å². The summed E-state index contributed by atoms with van der Waals surface area (Å²) in [4.78, 5) is 14.8. The van der Waals surface area contributed by atoms with Crippen LogP contribution in [-0.4, -0.2) is 34.4 Å². The Morgan fingerprint density at radius 1 is 1.21 bits per heavy atom. The van der Waals surface area contributed by atoms with Crippen molar-refractivity contribution < 1.29 is 0 Å². The smallest absolute Gasteiger partial charge is 0.265 e. The molecule has 2 aliphatic heterocycles. The van der Waals surface area contributed by atoms with Gasteiger partial charge in [-0.2, -0.15) is 0 Å². The van der Waals surface area contributed by atoms with Gasteiger partial charge in [-0.1, -0.05) is 15.9 Å². The van der Waals surface area contributed by atoms with Crippen molar-refractivity contribution in [1.82, 2.24) is 9.47 Å². The van der Waals surface area contributed by atoms with Crippen molar-refractivity contribution in [2.45, 2.75) is 18.9 Å². The van der Waals surface area contributed by atoms with Crippen molar-refractivity contribution >= 4 is 47.8 Å². The zero-order valence-electron chi connectivity index (χ0n) is 10.4. The van der Waals surface area contributed by atoms with Crippen molar-refractivity contribution in [3.8, 4) is 0 Å². The van der Waals surface area contributed by atoms with E-state index in [1.807, 2.05) is 10.6 Å². The van der Waals surface area contributed by atoms with Gasteiger partial charge in [-0.05, 0) is 50.3 Å². The second-order valence-electron chi connectivity index (χ2n) is 5.39. The first-order valence-corrected chi connectivity index (χ1v) is 9.18. The summed E-state index contributed by atoms with van der Waals surface area (Å²) in [6, 6.07) is 1.90. The Labute approximate surface area is 137 Å². The number of hydrogen-bond donors (Lipinski definition) is 0. The highest BCUT2D eigenvalue weighted by molar-refractivity contribution is 9.11. The summed E-state index contributed by atoms with van der Waals surface area (Å²) in [7, 11) is 0. The molecule has 0 spiro atoms. The number of rotatable bonds is 2. The second-order valence-corrected chi connectivity index (χ2v) is 7.89. The van der Waals surface area contributed by atoms with Gasteiger partial charge >= 0.3 is 0 Å². The number of likely N-dealkylation sites (tertiary alicyclic amines) is 1. The fourth-order valence-corrected chi connectivity index (χ4v) is 5.42. The second kappa shape index (κ2) is 5.62. The van der Waals surface area contributed by atoms with E-state index < -0.39 is 0 Å². The highest BCUT2D eigenvalue weighted by Gasteiger charge is 2.35. The standard InChI is InChI=1S/C13H15Br3N2O/c14-1-2-17-5-8-3-9(7-17)12-10(15)4-11(16)13(19)18(12)6-8/h4,8-9H,1-3,5-7H2/t8-,9+/m0/s1. The fraction of sp³-hybridized carbons (Fsp3) is 0.615. The lowest BCUT2D eigenvalue weighted by atomic mass is 9.83. The molecule has 0 unspecified atom stereocenters. The Morgan fingerprint density at radius 2 is 2.00 bits per heavy atom. The maximum atomic E-state index is 12.3. The van der Waals surface area contributed by atoms with Gasteiger partial charge < -0.3 is 9.47 Å². The Balaban J connectivity index is 2.02. The van der Waals surface area contributed by atoms with E-state index >= 15 is 0 Å². The summed E-state index contributed by atoms with van der Waals surface area (Å²) in [5.41, 5.74) is 1.30. The molecular weight excluding hydrogens is 440 g/mol. The first kappa shape index (κ1) is 14.3. The predicted molar refractivity (Wildman–Crippen MR) is 87.2 cm³/mol. The van der Waals surface area contributed by atoms with Crippen molar-refractivity contribution in [1.29, 1.82) is 0 Å². The van der Waals surface area contributed by atoms with E-state index in [2.05, 4.69) is 52.7 Å². The summed E-state index contributed by atoms with van der Waals surface area (Å²) in [6.07, 6.45) is 1.21. The number of piperidine rings is 1. The zero-order chi connectivity index (χ0) is 13.6. The maximum absolute atomic E-state index is 12.3. The lowest BCUT2D eigenvalue weighted by molar-refractivity contribution is 0.126. The fourth-order valence-electron chi connectivity index (χ4n) is 3.40. The Bertz CT molecular complexity index is 558. The monoisotopic (exact) mass is 452 g/mol. The zero-order valence-corrected chi connectivity index (χ0v) is 15.2. The Hall–Kier alpha value is 0.350. The van der Waals surface area contributed by atoms with Crippen LogP contribution in [0.3, 0.4) is 0 Å². The molecule has 0 amide bonds. The third-order valence-electron chi connectivity index (χ3n) is 4.08. The molecule has 2 bridgehead atoms. The Morgan fingerprint density at radius 3 is 2.74 bits per heavy atom. The molecule has 0 saturated carbocycles. The molecular formula is C13H15Br3N2O. The van der Waals surface area contributed by atoms with Gasteiger partial charge in [0.1, 0.15) is 0 Å². The number of pyridine rings is 1. The molecule has 0 aliphatic carbocycles. The van der Waals surface area contributed by atoms with E-state index in [9.17, 15) is 4.79 Å². The van der Waals surface area contributed by atoms with Crippen LogP contribution in [0.2, 0.25) is 0 Å². The summed E-state index contributed by atoms with van der Waals surface area (Å²) in [6.45, 7) is 4.10. The molecule has 19 heavy (non-hydrogen) atoms. The minimum atomic E-state index is 0.113. The van der Waals surface area contributed by atoms with Gasteiger partial charge in [-0.25, -0.2) is 0 Å². The predicted octanol–water partition coefficient (Wildman–Crippen LogP) is 3.19. The van der Waals surface area contributed by atoms with Crippen molar-refractivity contribution in [2.75, 3.05) is 25.0 Å². The Kier molecular flexibility index (Phi) is 4.23. The highest BCUT2D eigenvalue weighted by atomic mass is 79.9. The normalized spacial score (nSPS) is 26.3. The van der Waals surface area contributed by atoms with Crippen molar-refractivity contribution in [3.63, 3.8) is 0 Å². The minimum Gasteiger partial charge on any atom is -0.310 e. The highest BCUT2D eigenvalue weighted by Crippen LogP contribution is 2.38. The average molecular weight is 455 g/mol. The third kappa shape index (κ3) is 2.61. The van der Waals surface area contributed by atoms with Gasteiger partial charge in [0.2, 0.25) is 0 Å². The number of fused-ring (bicyclic) bond motifs is 4. The first-order chi connectivity index (χ1) is 9.10. The van der Waals surface area contributed by atoms with Gasteiger partial charge in [-0.3, -0.25) is 4.79 Å². The number of aromatic nitrogens is 1. The lowest BCUT2D eigenvalue weighted by Gasteiger charge is -2.43. The molecule has 1 aromatic rings. The van der Waals surface area contributed by atoms with Crippen molar-refractivity contribution in [3.05, 3.63) is 31.1 Å². The summed E-state index contributed by atoms with van der Waals surface area (Å²) in [5, 5.41) is 1.01. The number of halogens is 3. The van der Waals surface area contributed by atoms with Gasteiger partial charge in [0.25, 0.3) is 5.56 Å². The molecule has 0 aromatic carbocycles. The van der Waals surface area contributed by atoms with Crippen LogP contribution in [0.5, 0.6) is 0 Å². The van der Waals surface area contributed by atoms with Crippen LogP contribution < -0.4 is 5.56 Å². The molecule has 0 radical (unpaired) electrons. The van der Waals surface area contributed by atoms with Crippen LogP contribution in [0, 0.1) is 5.92 Å². The molecule has 3 heterocycles. The average Bonchev–Trinajstić information content (AvgIpc) is 2.35. The number of alkyl halides is 1. The molecule has 2 atom stereocenters. The van der Waals surface area contributed by atoms with Crippen LogP contribution in [0.15, 0.2) is 19.8 Å². The topological polar surface area (TPSA) is 25.2 Å². The summed E-state index contributed by atoms with van der Waals surface area (Å²) < 4.78 is 3.68. The largest absolute Gasteiger partial charge is 0.310 e. The van der Waals surface area contributed by atoms with E-state index in [-0.39, 0.29) is 5.56 Å². The summed E-state index contributed by atoms with van der Waals surface area (Å²) >= 11 is 10.5. The lowest BCUT2D eigenvalue weighted by Crippen LogP contribution is -2.47. The van der Waals surface area contributed by atoms with Gasteiger partial charge in [0, 0.05) is 47.6 Å². The molecule has 6 heteroatoms. The molecule has 2 aliphatic rings. The van der Waals surface area contributed by atoms with Crippen LogP contribution in [0.25, 0.3) is 0 Å². The molecule has 0 N–H and O–H groups in total. The van der Waals surface area contributed by atoms with E-state index in [0.29, 0.717) is 16.3 Å². The van der Waals surface area contributed by atoms with Gasteiger partial charge in [0.15, 0.2) is 0 Å². The van der Waals surface area contributed by atoms with E-state index in [0.717, 1.165) is 36.0 Å². The molecule has 1 fully saturated rings. The quantitative estimate of drug-likeness (QED) is 0.641. The van der Waals surface area contributed by atoms with E-state index in [4.69, 9.17) is 0 Å². The van der Waals surface area contributed by atoms with Crippen LogP contribution in [0.4, 0.5) is 0 Å². The first-order valence-electron chi connectivity index (χ1n) is 6.47. The molecule has 3 nitrogen and oxygen atoms in total. The molecule has 1 aromatic heterocycles. The number of nitrogens with zero attached hydrogens (tertiary/aromatic N) is 2. The third-order valence-corrected chi connectivity index (χ3v) is 5.64. The van der Waals surface area contributed by atoms with E-state index in [1.54, 1.807) is 0 Å². The van der Waals surface area contributed by atoms with Crippen LogP contribution in [-0.2, 0) is 6.54 Å². The van der Waals surface area contributed by atoms with Crippen molar-refractivity contribution in [2.24, 2.45) is 5.92 Å². The van der Waals surface area contributed by atoms with Crippen LogP contribution >= 0.6 is 47.8 Å². The maximum Gasteiger partial charge on any atom is 0.265 e. The van der Waals surface area contributed by atoms with Gasteiger partial charge in [0.05, 0.1) is 4.47 Å². The number of hydrogen-bond acceptors (Lipinski definition) is 2. The minimum absolute atomic E-state index is 0.113. The molecule has 3 rings (SSSR count).